The van der Waals surface area contributed by atoms with Crippen molar-refractivity contribution in [2.24, 2.45) is 11.8 Å². The molecule has 0 saturated heterocycles. The van der Waals surface area contributed by atoms with Crippen molar-refractivity contribution < 1.29 is 0 Å². The van der Waals surface area contributed by atoms with Crippen LogP contribution in [0.15, 0.2) is 12.7 Å². The number of hydrogen-bond donors (Lipinski definition) is 0. The zero-order chi connectivity index (χ0) is 9.10. The van der Waals surface area contributed by atoms with Crippen molar-refractivity contribution in [1.82, 2.24) is 14.8 Å². The molecule has 3 heteroatoms. The summed E-state index contributed by atoms with van der Waals surface area (Å²) in [6.45, 7) is 3.42. The largest absolute Gasteiger partial charge is 0.253 e. The van der Waals surface area contributed by atoms with Gasteiger partial charge in [-0.05, 0) is 18.3 Å². The van der Waals surface area contributed by atoms with E-state index in [4.69, 9.17) is 0 Å². The summed E-state index contributed by atoms with van der Waals surface area (Å²) < 4.78 is 1.96. The van der Waals surface area contributed by atoms with Gasteiger partial charge < -0.3 is 0 Å². The van der Waals surface area contributed by atoms with E-state index in [1.807, 2.05) is 11.0 Å². The number of rotatable bonds is 2. The van der Waals surface area contributed by atoms with Crippen molar-refractivity contribution in [2.45, 2.75) is 39.2 Å². The Morgan fingerprint density at radius 1 is 1.38 bits per heavy atom. The van der Waals surface area contributed by atoms with Gasteiger partial charge in [-0.1, -0.05) is 26.2 Å². The third-order valence-corrected chi connectivity index (χ3v) is 3.18. The molecule has 13 heavy (non-hydrogen) atoms. The molecule has 0 N–H and O–H groups in total. The lowest BCUT2D eigenvalue weighted by atomic mass is 9.80. The predicted octanol–water partition coefficient (Wildman–Crippen LogP) is 2.10. The minimum absolute atomic E-state index is 0.815. The van der Waals surface area contributed by atoms with Crippen molar-refractivity contribution in [2.75, 3.05) is 0 Å². The van der Waals surface area contributed by atoms with E-state index in [0.717, 1.165) is 18.4 Å². The van der Waals surface area contributed by atoms with E-state index in [2.05, 4.69) is 17.0 Å². The Balaban J connectivity index is 1.93. The van der Waals surface area contributed by atoms with Gasteiger partial charge in [-0.2, -0.15) is 5.10 Å². The Kier molecular flexibility index (Phi) is 2.62. The van der Waals surface area contributed by atoms with E-state index < -0.39 is 0 Å². The molecule has 0 aromatic carbocycles. The SMILES string of the molecule is CC1CCCCC1Cn1cncn1. The van der Waals surface area contributed by atoms with Crippen molar-refractivity contribution in [3.05, 3.63) is 12.7 Å². The summed E-state index contributed by atoms with van der Waals surface area (Å²) in [5, 5.41) is 4.15. The summed E-state index contributed by atoms with van der Waals surface area (Å²) in [5.41, 5.74) is 0. The molecule has 3 nitrogen and oxygen atoms in total. The molecule has 2 unspecified atom stereocenters. The first-order valence-corrected chi connectivity index (χ1v) is 5.18. The minimum Gasteiger partial charge on any atom is -0.253 e. The van der Waals surface area contributed by atoms with E-state index in [-0.39, 0.29) is 0 Å². The molecule has 1 aromatic rings. The second-order valence-corrected chi connectivity index (χ2v) is 4.14. The lowest BCUT2D eigenvalue weighted by molar-refractivity contribution is 0.221. The van der Waals surface area contributed by atoms with Crippen LogP contribution >= 0.6 is 0 Å². The molecule has 1 heterocycles. The van der Waals surface area contributed by atoms with Gasteiger partial charge in [-0.15, -0.1) is 0 Å². The fourth-order valence-electron chi connectivity index (χ4n) is 2.23. The first-order chi connectivity index (χ1) is 6.36. The predicted molar refractivity (Wildman–Crippen MR) is 51.1 cm³/mol. The molecule has 1 fully saturated rings. The zero-order valence-electron chi connectivity index (χ0n) is 8.19. The van der Waals surface area contributed by atoms with Crippen molar-refractivity contribution in [1.29, 1.82) is 0 Å². The lowest BCUT2D eigenvalue weighted by Gasteiger charge is -2.28. The molecule has 2 rings (SSSR count). The molecule has 1 aromatic heterocycles. The maximum absolute atomic E-state index is 4.15. The Bertz CT molecular complexity index is 243. The van der Waals surface area contributed by atoms with Gasteiger partial charge in [0.25, 0.3) is 0 Å². The monoisotopic (exact) mass is 179 g/mol. The third kappa shape index (κ3) is 2.08. The summed E-state index contributed by atoms with van der Waals surface area (Å²) in [5.74, 6) is 1.67. The van der Waals surface area contributed by atoms with Crippen LogP contribution in [-0.4, -0.2) is 14.8 Å². The maximum Gasteiger partial charge on any atom is 0.137 e. The van der Waals surface area contributed by atoms with Gasteiger partial charge >= 0.3 is 0 Å². The van der Waals surface area contributed by atoms with E-state index >= 15 is 0 Å². The van der Waals surface area contributed by atoms with Crippen molar-refractivity contribution >= 4 is 0 Å². The van der Waals surface area contributed by atoms with E-state index in [9.17, 15) is 0 Å². The van der Waals surface area contributed by atoms with Crippen LogP contribution in [0.2, 0.25) is 0 Å². The average molecular weight is 179 g/mol. The van der Waals surface area contributed by atoms with Gasteiger partial charge in [-0.25, -0.2) is 4.98 Å². The Labute approximate surface area is 79.2 Å². The fourth-order valence-corrected chi connectivity index (χ4v) is 2.23. The normalized spacial score (nSPS) is 29.0. The van der Waals surface area contributed by atoms with Crippen LogP contribution in [0.25, 0.3) is 0 Å². The van der Waals surface area contributed by atoms with Crippen LogP contribution < -0.4 is 0 Å². The summed E-state index contributed by atoms with van der Waals surface area (Å²) in [6, 6.07) is 0. The molecular formula is C10H17N3. The molecular weight excluding hydrogens is 162 g/mol. The second-order valence-electron chi connectivity index (χ2n) is 4.14. The molecule has 72 valence electrons. The standard InChI is InChI=1S/C10H17N3/c1-9-4-2-3-5-10(9)6-13-8-11-7-12-13/h7-10H,2-6H2,1H3. The van der Waals surface area contributed by atoms with E-state index in [1.165, 1.54) is 25.7 Å². The quantitative estimate of drug-likeness (QED) is 0.696. The molecule has 0 aliphatic heterocycles. The topological polar surface area (TPSA) is 30.7 Å². The highest BCUT2D eigenvalue weighted by molar-refractivity contribution is 4.72. The van der Waals surface area contributed by atoms with Gasteiger partial charge in [0.05, 0.1) is 0 Å². The Morgan fingerprint density at radius 3 is 2.92 bits per heavy atom. The molecule has 1 saturated carbocycles. The van der Waals surface area contributed by atoms with Crippen molar-refractivity contribution in [3.63, 3.8) is 0 Å². The van der Waals surface area contributed by atoms with Crippen LogP contribution in [0.3, 0.4) is 0 Å². The summed E-state index contributed by atoms with van der Waals surface area (Å²) >= 11 is 0. The number of aromatic nitrogens is 3. The molecule has 1 aliphatic rings. The van der Waals surface area contributed by atoms with Crippen LogP contribution in [0.4, 0.5) is 0 Å². The highest BCUT2D eigenvalue weighted by Gasteiger charge is 2.21. The summed E-state index contributed by atoms with van der Waals surface area (Å²) in [7, 11) is 0. The Morgan fingerprint density at radius 2 is 2.23 bits per heavy atom. The third-order valence-electron chi connectivity index (χ3n) is 3.18. The van der Waals surface area contributed by atoms with Crippen molar-refractivity contribution in [3.8, 4) is 0 Å². The van der Waals surface area contributed by atoms with E-state index in [1.54, 1.807) is 6.33 Å². The molecule has 0 amide bonds. The summed E-state index contributed by atoms with van der Waals surface area (Å²) in [6.07, 6.45) is 8.99. The molecule has 0 bridgehead atoms. The molecule has 1 aliphatic carbocycles. The molecule has 0 radical (unpaired) electrons. The van der Waals surface area contributed by atoms with E-state index in [0.29, 0.717) is 0 Å². The average Bonchev–Trinajstić information content (AvgIpc) is 2.61. The first kappa shape index (κ1) is 8.73. The van der Waals surface area contributed by atoms with Gasteiger partial charge in [0.15, 0.2) is 0 Å². The lowest BCUT2D eigenvalue weighted by Crippen LogP contribution is -2.22. The van der Waals surface area contributed by atoms with Crippen LogP contribution in [0.1, 0.15) is 32.6 Å². The minimum atomic E-state index is 0.815. The maximum atomic E-state index is 4.15. The molecule has 2 atom stereocenters. The van der Waals surface area contributed by atoms with Crippen LogP contribution in [-0.2, 0) is 6.54 Å². The van der Waals surface area contributed by atoms with Crippen LogP contribution in [0, 0.1) is 11.8 Å². The van der Waals surface area contributed by atoms with Crippen LogP contribution in [0.5, 0.6) is 0 Å². The number of hydrogen-bond acceptors (Lipinski definition) is 2. The summed E-state index contributed by atoms with van der Waals surface area (Å²) in [4.78, 5) is 3.96. The highest BCUT2D eigenvalue weighted by atomic mass is 15.3. The number of nitrogens with zero attached hydrogens (tertiary/aromatic N) is 3. The Hall–Kier alpha value is -0.860. The fraction of sp³-hybridized carbons (Fsp3) is 0.800. The molecule has 0 spiro atoms. The van der Waals surface area contributed by atoms with Gasteiger partial charge in [0.1, 0.15) is 12.7 Å². The van der Waals surface area contributed by atoms with Gasteiger partial charge in [-0.3, -0.25) is 4.68 Å². The second kappa shape index (κ2) is 3.90. The van der Waals surface area contributed by atoms with Gasteiger partial charge in [0, 0.05) is 6.54 Å². The first-order valence-electron chi connectivity index (χ1n) is 5.18. The smallest absolute Gasteiger partial charge is 0.137 e. The zero-order valence-corrected chi connectivity index (χ0v) is 8.19. The van der Waals surface area contributed by atoms with Gasteiger partial charge in [0.2, 0.25) is 0 Å². The highest BCUT2D eigenvalue weighted by Crippen LogP contribution is 2.30.